The van der Waals surface area contributed by atoms with Crippen molar-refractivity contribution in [1.82, 2.24) is 10.2 Å². The first kappa shape index (κ1) is 31.8. The van der Waals surface area contributed by atoms with Crippen molar-refractivity contribution in [2.45, 2.75) is 30.8 Å². The van der Waals surface area contributed by atoms with E-state index in [0.29, 0.717) is 6.54 Å². The van der Waals surface area contributed by atoms with Crippen LogP contribution in [-0.4, -0.2) is 51.4 Å². The van der Waals surface area contributed by atoms with Crippen LogP contribution in [-0.2, 0) is 32.6 Å². The molecule has 0 aliphatic heterocycles. The second-order valence-electron chi connectivity index (χ2n) is 9.75. The minimum Gasteiger partial charge on any atom is -0.495 e. The van der Waals surface area contributed by atoms with E-state index >= 15 is 0 Å². The SMILES string of the molecule is CCNC(=O)C(Cc1ccccc1)N(Cc1cccc(Br)c1)C(=O)CN(c1ccccc1OC)S(=O)(=O)c1ccccc1. The van der Waals surface area contributed by atoms with Crippen LogP contribution in [0.25, 0.3) is 0 Å². The number of ether oxygens (including phenoxy) is 1. The van der Waals surface area contributed by atoms with E-state index in [9.17, 15) is 18.0 Å². The van der Waals surface area contributed by atoms with E-state index in [0.717, 1.165) is 19.9 Å². The number of nitrogens with zero attached hydrogens (tertiary/aromatic N) is 2. The van der Waals surface area contributed by atoms with Crippen LogP contribution in [0.3, 0.4) is 0 Å². The molecule has 0 fully saturated rings. The highest BCUT2D eigenvalue weighted by Crippen LogP contribution is 2.32. The Kier molecular flexibility index (Phi) is 11.0. The number of anilines is 1. The van der Waals surface area contributed by atoms with Gasteiger partial charge >= 0.3 is 0 Å². The largest absolute Gasteiger partial charge is 0.495 e. The number of benzene rings is 4. The van der Waals surface area contributed by atoms with Crippen molar-refractivity contribution >= 4 is 43.5 Å². The lowest BCUT2D eigenvalue weighted by molar-refractivity contribution is -0.140. The van der Waals surface area contributed by atoms with Crippen LogP contribution >= 0.6 is 15.9 Å². The zero-order chi connectivity index (χ0) is 30.8. The highest BCUT2D eigenvalue weighted by molar-refractivity contribution is 9.10. The lowest BCUT2D eigenvalue weighted by Gasteiger charge is -2.34. The zero-order valence-electron chi connectivity index (χ0n) is 24.0. The van der Waals surface area contributed by atoms with Crippen molar-refractivity contribution in [3.8, 4) is 5.75 Å². The highest BCUT2D eigenvalue weighted by Gasteiger charge is 2.35. The number of amides is 2. The third-order valence-corrected chi connectivity index (χ3v) is 9.10. The molecule has 4 rings (SSSR count). The Hall–Kier alpha value is -4.15. The van der Waals surface area contributed by atoms with Gasteiger partial charge in [-0.05, 0) is 54.4 Å². The number of hydrogen-bond acceptors (Lipinski definition) is 5. The maximum Gasteiger partial charge on any atom is 0.264 e. The van der Waals surface area contributed by atoms with Gasteiger partial charge in [-0.15, -0.1) is 0 Å². The van der Waals surface area contributed by atoms with E-state index in [4.69, 9.17) is 4.74 Å². The molecule has 43 heavy (non-hydrogen) atoms. The molecule has 0 bridgehead atoms. The molecule has 4 aromatic carbocycles. The fraction of sp³-hybridized carbons (Fsp3) is 0.212. The molecule has 4 aromatic rings. The molecule has 0 radical (unpaired) electrons. The van der Waals surface area contributed by atoms with Gasteiger partial charge in [0.25, 0.3) is 10.0 Å². The Balaban J connectivity index is 1.82. The number of carbonyl (C=O) groups excluding carboxylic acids is 2. The fourth-order valence-electron chi connectivity index (χ4n) is 4.75. The first-order valence-corrected chi connectivity index (χ1v) is 16.0. The topological polar surface area (TPSA) is 96.0 Å². The van der Waals surface area contributed by atoms with Gasteiger partial charge in [0.1, 0.15) is 18.3 Å². The molecule has 0 aliphatic rings. The van der Waals surface area contributed by atoms with Crippen molar-refractivity contribution in [2.24, 2.45) is 0 Å². The number of carbonyl (C=O) groups is 2. The Morgan fingerprint density at radius 3 is 2.14 bits per heavy atom. The Morgan fingerprint density at radius 1 is 0.860 bits per heavy atom. The van der Waals surface area contributed by atoms with E-state index in [1.165, 1.54) is 24.1 Å². The lowest BCUT2D eigenvalue weighted by Crippen LogP contribution is -2.53. The van der Waals surface area contributed by atoms with Crippen molar-refractivity contribution in [3.05, 3.63) is 125 Å². The number of methoxy groups -OCH3 is 1. The monoisotopic (exact) mass is 663 g/mol. The Morgan fingerprint density at radius 2 is 1.49 bits per heavy atom. The maximum absolute atomic E-state index is 14.4. The molecule has 224 valence electrons. The van der Waals surface area contributed by atoms with Crippen LogP contribution in [0.4, 0.5) is 5.69 Å². The third-order valence-electron chi connectivity index (χ3n) is 6.83. The van der Waals surface area contributed by atoms with Gasteiger partial charge in [-0.25, -0.2) is 8.42 Å². The predicted molar refractivity (Wildman–Crippen MR) is 171 cm³/mol. The minimum atomic E-state index is -4.21. The average Bonchev–Trinajstić information content (AvgIpc) is 3.02. The zero-order valence-corrected chi connectivity index (χ0v) is 26.4. The summed E-state index contributed by atoms with van der Waals surface area (Å²) in [5, 5.41) is 2.86. The van der Waals surface area contributed by atoms with Gasteiger partial charge in [0.15, 0.2) is 0 Å². The van der Waals surface area contributed by atoms with E-state index in [1.807, 2.05) is 61.5 Å². The molecule has 1 N–H and O–H groups in total. The second-order valence-corrected chi connectivity index (χ2v) is 12.5. The fourth-order valence-corrected chi connectivity index (χ4v) is 6.64. The molecule has 2 amide bonds. The van der Waals surface area contributed by atoms with Gasteiger partial charge in [0, 0.05) is 24.0 Å². The summed E-state index contributed by atoms with van der Waals surface area (Å²) in [5.74, 6) is -0.583. The van der Waals surface area contributed by atoms with E-state index < -0.39 is 28.5 Å². The molecule has 10 heteroatoms. The molecular weight excluding hydrogens is 630 g/mol. The van der Waals surface area contributed by atoms with Crippen LogP contribution in [0.15, 0.2) is 119 Å². The first-order valence-electron chi connectivity index (χ1n) is 13.8. The first-order chi connectivity index (χ1) is 20.7. The summed E-state index contributed by atoms with van der Waals surface area (Å²) >= 11 is 3.49. The second kappa shape index (κ2) is 14.8. The van der Waals surface area contributed by atoms with Crippen molar-refractivity contribution in [1.29, 1.82) is 0 Å². The number of rotatable bonds is 13. The smallest absolute Gasteiger partial charge is 0.264 e. The third kappa shape index (κ3) is 8.03. The molecule has 0 aromatic heterocycles. The number of para-hydroxylation sites is 2. The summed E-state index contributed by atoms with van der Waals surface area (Å²) in [6.07, 6.45) is 0.243. The Labute approximate surface area is 261 Å². The van der Waals surface area contributed by atoms with Crippen molar-refractivity contribution < 1.29 is 22.7 Å². The van der Waals surface area contributed by atoms with E-state index in [-0.39, 0.29) is 35.2 Å². The van der Waals surface area contributed by atoms with Gasteiger partial charge < -0.3 is 15.0 Å². The Bertz CT molecular complexity index is 1630. The number of likely N-dealkylation sites (N-methyl/N-ethyl adjacent to an activating group) is 1. The number of nitrogens with one attached hydrogen (secondary N) is 1. The van der Waals surface area contributed by atoms with Crippen LogP contribution in [0, 0.1) is 0 Å². The quantitative estimate of drug-likeness (QED) is 0.206. The number of hydrogen-bond donors (Lipinski definition) is 1. The standard InChI is InChI=1S/C33H34BrN3O5S/c1-3-35-33(39)30(22-25-13-6-4-7-14-25)36(23-26-15-12-16-27(34)21-26)32(38)24-37(29-19-10-11-20-31(29)42-2)43(40,41)28-17-8-5-9-18-28/h4-21,30H,3,22-24H2,1-2H3,(H,35,39). The van der Waals surface area contributed by atoms with Gasteiger partial charge in [-0.3, -0.25) is 13.9 Å². The molecular formula is C33H34BrN3O5S. The highest BCUT2D eigenvalue weighted by atomic mass is 79.9. The minimum absolute atomic E-state index is 0.0248. The molecule has 1 atom stereocenters. The predicted octanol–water partition coefficient (Wildman–Crippen LogP) is 5.43. The molecule has 0 heterocycles. The summed E-state index contributed by atoms with van der Waals surface area (Å²) in [7, 11) is -2.77. The van der Waals surface area contributed by atoms with Gasteiger partial charge in [-0.2, -0.15) is 0 Å². The number of sulfonamides is 1. The van der Waals surface area contributed by atoms with Crippen LogP contribution < -0.4 is 14.4 Å². The molecule has 0 spiro atoms. The molecule has 8 nitrogen and oxygen atoms in total. The van der Waals surface area contributed by atoms with Crippen LogP contribution in [0.2, 0.25) is 0 Å². The maximum atomic E-state index is 14.4. The lowest BCUT2D eigenvalue weighted by atomic mass is 10.0. The van der Waals surface area contributed by atoms with Gasteiger partial charge in [-0.1, -0.05) is 88.7 Å². The van der Waals surface area contributed by atoms with Crippen molar-refractivity contribution in [2.75, 3.05) is 24.5 Å². The van der Waals surface area contributed by atoms with Crippen LogP contribution in [0.1, 0.15) is 18.1 Å². The van der Waals surface area contributed by atoms with E-state index in [2.05, 4.69) is 21.2 Å². The summed E-state index contributed by atoms with van der Waals surface area (Å²) in [6.45, 7) is 1.71. The summed E-state index contributed by atoms with van der Waals surface area (Å²) in [5.41, 5.74) is 1.85. The summed E-state index contributed by atoms with van der Waals surface area (Å²) in [4.78, 5) is 29.5. The summed E-state index contributed by atoms with van der Waals surface area (Å²) < 4.78 is 35.5. The summed E-state index contributed by atoms with van der Waals surface area (Å²) in [6, 6.07) is 30.5. The van der Waals surface area contributed by atoms with E-state index in [1.54, 1.807) is 42.5 Å². The van der Waals surface area contributed by atoms with Gasteiger partial charge in [0.05, 0.1) is 17.7 Å². The molecule has 0 saturated carbocycles. The average molecular weight is 665 g/mol. The van der Waals surface area contributed by atoms with Crippen molar-refractivity contribution in [3.63, 3.8) is 0 Å². The normalized spacial score (nSPS) is 11.8. The number of halogens is 1. The molecule has 1 unspecified atom stereocenters. The molecule has 0 aliphatic carbocycles. The van der Waals surface area contributed by atoms with Crippen LogP contribution in [0.5, 0.6) is 5.75 Å². The van der Waals surface area contributed by atoms with Gasteiger partial charge in [0.2, 0.25) is 11.8 Å². The molecule has 0 saturated heterocycles.